The third-order valence-electron chi connectivity index (χ3n) is 10.5. The van der Waals surface area contributed by atoms with Crippen LogP contribution in [0.15, 0.2) is 29.0 Å². The van der Waals surface area contributed by atoms with Crippen molar-refractivity contribution >= 4 is 58.6 Å². The van der Waals surface area contributed by atoms with Gasteiger partial charge in [-0.25, -0.2) is 9.28 Å². The number of fused-ring (bicyclic) bond motifs is 1. The summed E-state index contributed by atoms with van der Waals surface area (Å²) in [5.74, 6) is 0. The first-order chi connectivity index (χ1) is 21.2. The molecule has 5 heterocycles. The van der Waals surface area contributed by atoms with Crippen molar-refractivity contribution < 1.29 is 24.0 Å². The molecule has 0 saturated carbocycles. The van der Waals surface area contributed by atoms with Gasteiger partial charge >= 0.3 is 12.1 Å². The van der Waals surface area contributed by atoms with E-state index in [2.05, 4.69) is 27.1 Å². The van der Waals surface area contributed by atoms with Gasteiger partial charge in [0, 0.05) is 80.7 Å². The van der Waals surface area contributed by atoms with Crippen LogP contribution in [0.1, 0.15) is 43.2 Å². The smallest absolute Gasteiger partial charge is 0.435 e. The quantitative estimate of drug-likeness (QED) is 0.308. The zero-order valence-corrected chi connectivity index (χ0v) is 27.4. The highest BCUT2D eigenvalue weighted by Gasteiger charge is 2.64. The Morgan fingerprint density at radius 1 is 1.09 bits per heavy atom. The number of carboxylic acid groups (broad SMARTS) is 1. The van der Waals surface area contributed by atoms with E-state index in [4.69, 9.17) is 23.2 Å². The molecule has 3 atom stereocenters. The SMILES string of the molecule is CN1CCN(C2CCN(C3(CC=O)CC(N4Cc5cscc5NC4=O)CC[N@+]3(Cc3ccc(Cl)c(Cl)c3)C(=O)O)CC2)CC1. The van der Waals surface area contributed by atoms with E-state index < -0.39 is 11.8 Å². The fourth-order valence-corrected chi connectivity index (χ4v) is 9.16. The second-order valence-corrected chi connectivity index (χ2v) is 14.4. The number of piperazine rings is 1. The number of urea groups is 1. The Morgan fingerprint density at radius 3 is 2.52 bits per heavy atom. The van der Waals surface area contributed by atoms with Crippen LogP contribution in [0.4, 0.5) is 15.3 Å². The van der Waals surface area contributed by atoms with Crippen molar-refractivity contribution in [2.24, 2.45) is 0 Å². The van der Waals surface area contributed by atoms with E-state index in [-0.39, 0.29) is 36.1 Å². The van der Waals surface area contributed by atoms with Crippen molar-refractivity contribution in [1.82, 2.24) is 19.6 Å². The van der Waals surface area contributed by atoms with Crippen molar-refractivity contribution in [2.75, 3.05) is 58.2 Å². The van der Waals surface area contributed by atoms with Crippen LogP contribution in [0.25, 0.3) is 0 Å². The maximum absolute atomic E-state index is 13.7. The number of hydrogen-bond acceptors (Lipinski definition) is 7. The fraction of sp³-hybridized carbons (Fsp3) is 0.581. The summed E-state index contributed by atoms with van der Waals surface area (Å²) >= 11 is 14.2. The molecule has 4 aliphatic heterocycles. The highest BCUT2D eigenvalue weighted by atomic mass is 35.5. The molecule has 0 bridgehead atoms. The molecule has 3 fully saturated rings. The van der Waals surface area contributed by atoms with Crippen molar-refractivity contribution in [1.29, 1.82) is 0 Å². The van der Waals surface area contributed by atoms with Gasteiger partial charge in [-0.05, 0) is 37.4 Å². The standard InChI is InChI=1S/C31H40Cl2N6O4S/c1-35-10-12-36(13-11-35)24-4-8-37(9-5-24)31(7-15-40)17-25(38-18-23-20-44-21-28(23)34-29(38)41)6-14-39(31,30(42)43)19-22-2-3-26(32)27(33)16-22/h2-3,15-16,20-21,24-25H,4-14,17-19H2,1H3,(H-,34,41,42,43)/p+1/t25?,31?,39-/m0/s1. The van der Waals surface area contributed by atoms with Crippen molar-refractivity contribution in [3.8, 4) is 0 Å². The Balaban J connectivity index is 1.35. The molecule has 6 rings (SSSR count). The normalized spacial score (nSPS) is 29.3. The number of likely N-dealkylation sites (tertiary alicyclic amines) is 2. The summed E-state index contributed by atoms with van der Waals surface area (Å²) in [7, 11) is 2.15. The fourth-order valence-electron chi connectivity index (χ4n) is 8.06. The number of hydrogen-bond donors (Lipinski definition) is 2. The molecule has 0 radical (unpaired) electrons. The van der Waals surface area contributed by atoms with E-state index in [9.17, 15) is 19.5 Å². The predicted octanol–water partition coefficient (Wildman–Crippen LogP) is 5.26. The average Bonchev–Trinajstić information content (AvgIpc) is 3.47. The number of piperidine rings is 2. The Labute approximate surface area is 272 Å². The Hall–Kier alpha value is -2.25. The van der Waals surface area contributed by atoms with Crippen LogP contribution < -0.4 is 5.32 Å². The van der Waals surface area contributed by atoms with Crippen LogP contribution in [-0.2, 0) is 17.9 Å². The van der Waals surface area contributed by atoms with E-state index in [0.29, 0.717) is 48.6 Å². The zero-order valence-electron chi connectivity index (χ0n) is 25.1. The molecule has 44 heavy (non-hydrogen) atoms. The van der Waals surface area contributed by atoms with Crippen molar-refractivity contribution in [3.05, 3.63) is 50.1 Å². The van der Waals surface area contributed by atoms with Gasteiger partial charge in [-0.2, -0.15) is 4.79 Å². The van der Waals surface area contributed by atoms with Gasteiger partial charge in [0.1, 0.15) is 12.8 Å². The number of halogens is 2. The second-order valence-electron chi connectivity index (χ2n) is 12.8. The van der Waals surface area contributed by atoms with Crippen LogP contribution in [-0.4, -0.2) is 118 Å². The van der Waals surface area contributed by atoms with Gasteiger partial charge in [-0.15, -0.1) is 11.3 Å². The number of benzene rings is 1. The molecule has 2 aromatic rings. The molecule has 1 aromatic carbocycles. The number of quaternary nitrogens is 1. The molecule has 3 amide bonds. The van der Waals surface area contributed by atoms with Gasteiger partial charge in [-0.3, -0.25) is 9.80 Å². The molecular formula is C31H41Cl2N6O4S+. The van der Waals surface area contributed by atoms with Gasteiger partial charge in [-0.1, -0.05) is 29.3 Å². The lowest BCUT2D eigenvalue weighted by Crippen LogP contribution is -2.78. The number of likely N-dealkylation sites (N-methyl/N-ethyl adjacent to an activating group) is 1. The van der Waals surface area contributed by atoms with Crippen molar-refractivity contribution in [3.63, 3.8) is 0 Å². The summed E-state index contributed by atoms with van der Waals surface area (Å²) < 4.78 is -0.321. The number of amides is 3. The molecule has 0 aliphatic carbocycles. The van der Waals surface area contributed by atoms with Crippen LogP contribution in [0.2, 0.25) is 10.0 Å². The first kappa shape index (κ1) is 31.7. The Kier molecular flexibility index (Phi) is 9.27. The highest BCUT2D eigenvalue weighted by molar-refractivity contribution is 7.08. The summed E-state index contributed by atoms with van der Waals surface area (Å²) in [6.07, 6.45) is 2.65. The molecule has 4 aliphatic rings. The molecule has 3 saturated heterocycles. The molecule has 1 aromatic heterocycles. The topological polar surface area (TPSA) is 96.4 Å². The first-order valence-electron chi connectivity index (χ1n) is 15.4. The molecular weight excluding hydrogens is 623 g/mol. The van der Waals surface area contributed by atoms with E-state index >= 15 is 0 Å². The lowest BCUT2D eigenvalue weighted by atomic mass is 9.81. The third kappa shape index (κ3) is 5.77. The molecule has 13 heteroatoms. The summed E-state index contributed by atoms with van der Waals surface area (Å²) in [4.78, 5) is 48.7. The maximum atomic E-state index is 13.7. The van der Waals surface area contributed by atoms with E-state index in [1.807, 2.05) is 21.7 Å². The Morgan fingerprint density at radius 2 is 1.84 bits per heavy atom. The molecule has 0 spiro atoms. The lowest BCUT2D eigenvalue weighted by molar-refractivity contribution is -0.942. The number of thiophene rings is 1. The van der Waals surface area contributed by atoms with E-state index in [1.165, 1.54) is 0 Å². The maximum Gasteiger partial charge on any atom is 0.515 e. The minimum absolute atomic E-state index is 0.0510. The first-order valence-corrected chi connectivity index (χ1v) is 17.1. The van der Waals surface area contributed by atoms with Gasteiger partial charge < -0.3 is 25.0 Å². The van der Waals surface area contributed by atoms with Gasteiger partial charge in [0.15, 0.2) is 5.66 Å². The van der Waals surface area contributed by atoms with Crippen LogP contribution >= 0.6 is 34.5 Å². The summed E-state index contributed by atoms with van der Waals surface area (Å²) in [5.41, 5.74) is 1.60. The van der Waals surface area contributed by atoms with Crippen LogP contribution in [0.5, 0.6) is 0 Å². The van der Waals surface area contributed by atoms with Crippen molar-refractivity contribution in [2.45, 2.75) is 62.9 Å². The molecule has 238 valence electrons. The summed E-state index contributed by atoms with van der Waals surface area (Å²) in [6.45, 7) is 6.43. The van der Waals surface area contributed by atoms with E-state index in [1.54, 1.807) is 23.5 Å². The second kappa shape index (κ2) is 12.9. The highest BCUT2D eigenvalue weighted by Crippen LogP contribution is 2.46. The molecule has 2 N–H and O–H groups in total. The summed E-state index contributed by atoms with van der Waals surface area (Å²) in [5, 5.41) is 19.0. The number of rotatable bonds is 7. The third-order valence-corrected chi connectivity index (χ3v) is 12.1. The average molecular weight is 665 g/mol. The van der Waals surface area contributed by atoms with Gasteiger partial charge in [0.05, 0.1) is 35.2 Å². The largest absolute Gasteiger partial charge is 0.515 e. The predicted molar refractivity (Wildman–Crippen MR) is 172 cm³/mol. The molecule has 2 unspecified atom stereocenters. The number of nitrogens with one attached hydrogen (secondary N) is 1. The van der Waals surface area contributed by atoms with Crippen LogP contribution in [0.3, 0.4) is 0 Å². The number of carbonyl (C=O) groups excluding carboxylic acids is 2. The molecule has 10 nitrogen and oxygen atoms in total. The van der Waals surface area contributed by atoms with Crippen LogP contribution in [0, 0.1) is 0 Å². The minimum Gasteiger partial charge on any atom is -0.435 e. The number of aldehydes is 1. The zero-order chi connectivity index (χ0) is 31.1. The monoisotopic (exact) mass is 663 g/mol. The summed E-state index contributed by atoms with van der Waals surface area (Å²) in [6, 6.07) is 5.29. The number of nitrogens with zero attached hydrogens (tertiary/aromatic N) is 5. The van der Waals surface area contributed by atoms with Gasteiger partial charge in [0.2, 0.25) is 0 Å². The minimum atomic E-state index is -1.05. The van der Waals surface area contributed by atoms with Gasteiger partial charge in [0.25, 0.3) is 0 Å². The number of carbonyl (C=O) groups is 3. The lowest BCUT2D eigenvalue weighted by Gasteiger charge is -2.59. The number of anilines is 1. The van der Waals surface area contributed by atoms with E-state index in [0.717, 1.165) is 62.1 Å². The Bertz CT molecular complexity index is 1390.